The van der Waals surface area contributed by atoms with Crippen molar-refractivity contribution in [2.45, 2.75) is 137 Å². The maximum absolute atomic E-state index is 12.8. The minimum atomic E-state index is -2.22. The zero-order chi connectivity index (χ0) is 35.6. The summed E-state index contributed by atoms with van der Waals surface area (Å²) in [6, 6.07) is 0. The Labute approximate surface area is 291 Å². The molecule has 274 valence electrons. The molecule has 48 heavy (non-hydrogen) atoms. The third kappa shape index (κ3) is 6.73. The van der Waals surface area contributed by atoms with Gasteiger partial charge in [0.2, 0.25) is 0 Å². The van der Waals surface area contributed by atoms with E-state index in [0.29, 0.717) is 37.9 Å². The molecule has 0 bridgehead atoms. The van der Waals surface area contributed by atoms with Crippen LogP contribution >= 0.6 is 0 Å². The quantitative estimate of drug-likeness (QED) is 0.156. The molecule has 10 atom stereocenters. The Morgan fingerprint density at radius 2 is 1.65 bits per heavy atom. The van der Waals surface area contributed by atoms with Crippen LogP contribution in [-0.2, 0) is 28.1 Å². The van der Waals surface area contributed by atoms with Crippen molar-refractivity contribution in [3.8, 4) is 0 Å². The SMILES string of the molecule is COC(=O)OC1C=C2CC(OC(=O)N(C)C)CC(O[Si](C)(C)C(C)(C)C)[C@]2(C)[C@H]2CC[C@]3(C)[C@@H](C(C)C4OCC(C)(C)CO4)CC[C@H]3[C@H]12. The molecule has 3 saturated carbocycles. The van der Waals surface area contributed by atoms with Crippen LogP contribution in [0.5, 0.6) is 0 Å². The number of ether oxygens (including phenoxy) is 5. The monoisotopic (exact) mass is 691 g/mol. The molecule has 1 saturated heterocycles. The van der Waals surface area contributed by atoms with Crippen molar-refractivity contribution < 1.29 is 37.7 Å². The minimum absolute atomic E-state index is 0.0174. The molecule has 0 aromatic carbocycles. The van der Waals surface area contributed by atoms with Crippen molar-refractivity contribution in [3.05, 3.63) is 11.6 Å². The Kier molecular flexibility index (Phi) is 10.3. The maximum Gasteiger partial charge on any atom is 0.508 e. The zero-order valence-electron chi connectivity index (χ0n) is 32.1. The second kappa shape index (κ2) is 13.2. The number of fused-ring (bicyclic) bond motifs is 5. The second-order valence-electron chi connectivity index (χ2n) is 18.8. The second-order valence-corrected chi connectivity index (χ2v) is 23.5. The van der Waals surface area contributed by atoms with Crippen molar-refractivity contribution in [2.24, 2.45) is 45.8 Å². The van der Waals surface area contributed by atoms with E-state index in [-0.39, 0.29) is 63.6 Å². The molecule has 9 nitrogen and oxygen atoms in total. The van der Waals surface area contributed by atoms with Crippen molar-refractivity contribution in [3.63, 3.8) is 0 Å². The van der Waals surface area contributed by atoms with Gasteiger partial charge in [0.25, 0.3) is 0 Å². The molecule has 0 spiro atoms. The van der Waals surface area contributed by atoms with E-state index in [0.717, 1.165) is 25.7 Å². The number of nitrogens with zero attached hydrogens (tertiary/aromatic N) is 1. The van der Waals surface area contributed by atoms with Gasteiger partial charge in [-0.2, -0.15) is 0 Å². The third-order valence-corrected chi connectivity index (χ3v) is 18.3. The molecular formula is C38H65NO8Si. The molecule has 10 heteroatoms. The van der Waals surface area contributed by atoms with Crippen LogP contribution < -0.4 is 0 Å². The summed E-state index contributed by atoms with van der Waals surface area (Å²) < 4.78 is 37.5. The topological polar surface area (TPSA) is 92.8 Å². The molecule has 0 radical (unpaired) electrons. The maximum atomic E-state index is 12.8. The number of methoxy groups -OCH3 is 1. The predicted octanol–water partition coefficient (Wildman–Crippen LogP) is 8.43. The normalized spacial score (nSPS) is 38.9. The fourth-order valence-electron chi connectivity index (χ4n) is 10.0. The lowest BCUT2D eigenvalue weighted by Crippen LogP contribution is -2.62. The van der Waals surface area contributed by atoms with Crippen LogP contribution in [0.4, 0.5) is 9.59 Å². The first-order chi connectivity index (χ1) is 22.1. The number of hydrogen-bond acceptors (Lipinski definition) is 8. The smallest absolute Gasteiger partial charge is 0.446 e. The van der Waals surface area contributed by atoms with Gasteiger partial charge in [-0.15, -0.1) is 0 Å². The molecule has 0 N–H and O–H groups in total. The number of rotatable bonds is 6. The van der Waals surface area contributed by atoms with Crippen molar-refractivity contribution >= 4 is 20.6 Å². The van der Waals surface area contributed by atoms with E-state index in [2.05, 4.69) is 74.6 Å². The Balaban J connectivity index is 1.53. The third-order valence-electron chi connectivity index (χ3n) is 13.8. The van der Waals surface area contributed by atoms with E-state index in [1.807, 2.05) is 0 Å². The average molecular weight is 692 g/mol. The Morgan fingerprint density at radius 1 is 1.00 bits per heavy atom. The van der Waals surface area contributed by atoms with Crippen LogP contribution in [0, 0.1) is 45.8 Å². The first-order valence-corrected chi connectivity index (χ1v) is 21.3. The van der Waals surface area contributed by atoms with Crippen LogP contribution in [-0.4, -0.2) is 84.5 Å². The van der Waals surface area contributed by atoms with E-state index in [4.69, 9.17) is 28.1 Å². The summed E-state index contributed by atoms with van der Waals surface area (Å²) in [5.41, 5.74) is 0.975. The van der Waals surface area contributed by atoms with E-state index < -0.39 is 20.6 Å². The molecule has 4 aliphatic carbocycles. The summed E-state index contributed by atoms with van der Waals surface area (Å²) >= 11 is 0. The largest absolute Gasteiger partial charge is 0.508 e. The highest BCUT2D eigenvalue weighted by Crippen LogP contribution is 2.68. The van der Waals surface area contributed by atoms with Gasteiger partial charge in [0.15, 0.2) is 14.6 Å². The van der Waals surface area contributed by atoms with Gasteiger partial charge in [-0.3, -0.25) is 0 Å². The molecule has 4 unspecified atom stereocenters. The lowest BCUT2D eigenvalue weighted by atomic mass is 9.45. The van der Waals surface area contributed by atoms with Crippen molar-refractivity contribution in [1.82, 2.24) is 4.90 Å². The fraction of sp³-hybridized carbons (Fsp3) is 0.895. The Morgan fingerprint density at radius 3 is 2.23 bits per heavy atom. The molecule has 1 amide bonds. The summed E-state index contributed by atoms with van der Waals surface area (Å²) in [6.45, 7) is 24.5. The summed E-state index contributed by atoms with van der Waals surface area (Å²) in [6.07, 6.45) is 5.65. The first-order valence-electron chi connectivity index (χ1n) is 18.4. The summed E-state index contributed by atoms with van der Waals surface area (Å²) in [4.78, 5) is 27.1. The Bertz CT molecular complexity index is 1230. The van der Waals surface area contributed by atoms with Gasteiger partial charge in [-0.25, -0.2) is 9.59 Å². The lowest BCUT2D eigenvalue weighted by molar-refractivity contribution is -0.253. The summed E-state index contributed by atoms with van der Waals surface area (Å²) in [7, 11) is 2.59. The summed E-state index contributed by atoms with van der Waals surface area (Å²) in [5, 5.41) is 0.0174. The molecule has 0 aromatic heterocycles. The van der Waals surface area contributed by atoms with E-state index in [1.165, 1.54) is 17.6 Å². The van der Waals surface area contributed by atoms with Gasteiger partial charge in [-0.05, 0) is 73.1 Å². The molecule has 5 rings (SSSR count). The number of carbonyl (C=O) groups is 2. The lowest BCUT2D eigenvalue weighted by Gasteiger charge is -2.62. The van der Waals surface area contributed by atoms with Crippen molar-refractivity contribution in [1.29, 1.82) is 0 Å². The van der Waals surface area contributed by atoms with E-state index in [1.54, 1.807) is 14.1 Å². The van der Waals surface area contributed by atoms with Crippen LogP contribution in [0.15, 0.2) is 11.6 Å². The van der Waals surface area contributed by atoms with E-state index in [9.17, 15) is 9.59 Å². The molecule has 1 aliphatic heterocycles. The standard InChI is InChI=1S/C38H65NO8Si/c1-23(32-43-21-36(5,6)22-44-32)26-14-15-27-31-28(16-17-37(26,27)7)38(8)24(19-29(31)46-34(41)42-11)18-25(45-33(40)39(9)10)20-30(38)47-48(12,13)35(2,3)4/h19,23,25-32H,14-18,20-22H2,1-13H3/t23?,25?,26-,27+,28+,29?,30?,31+,37-,38+/m1/s1. The van der Waals surface area contributed by atoms with Gasteiger partial charge >= 0.3 is 12.2 Å². The average Bonchev–Trinajstić information content (AvgIpc) is 3.34. The van der Waals surface area contributed by atoms with Crippen LogP contribution in [0.3, 0.4) is 0 Å². The number of carbonyl (C=O) groups excluding carboxylic acids is 2. The molecule has 4 fully saturated rings. The predicted molar refractivity (Wildman–Crippen MR) is 188 cm³/mol. The highest BCUT2D eigenvalue weighted by Gasteiger charge is 2.65. The van der Waals surface area contributed by atoms with Crippen LogP contribution in [0.1, 0.15) is 93.9 Å². The zero-order valence-corrected chi connectivity index (χ0v) is 33.1. The van der Waals surface area contributed by atoms with Gasteiger partial charge in [-0.1, -0.05) is 61.0 Å². The van der Waals surface area contributed by atoms with Gasteiger partial charge in [0.1, 0.15) is 12.2 Å². The van der Waals surface area contributed by atoms with Gasteiger partial charge in [0.05, 0.1) is 26.4 Å². The molecular weight excluding hydrogens is 627 g/mol. The molecule has 5 aliphatic rings. The van der Waals surface area contributed by atoms with Gasteiger partial charge < -0.3 is 33.0 Å². The van der Waals surface area contributed by atoms with E-state index >= 15 is 0 Å². The van der Waals surface area contributed by atoms with Crippen LogP contribution in [0.25, 0.3) is 0 Å². The van der Waals surface area contributed by atoms with Gasteiger partial charge in [0, 0.05) is 49.6 Å². The first kappa shape index (κ1) is 37.6. The Hall–Kier alpha value is -1.62. The number of amides is 1. The van der Waals surface area contributed by atoms with Crippen molar-refractivity contribution in [2.75, 3.05) is 34.4 Å². The fourth-order valence-corrected chi connectivity index (χ4v) is 11.4. The summed E-state index contributed by atoms with van der Waals surface area (Å²) in [5.74, 6) is 1.40. The molecule has 1 heterocycles. The highest BCUT2D eigenvalue weighted by atomic mass is 28.4. The van der Waals surface area contributed by atoms with Crippen LogP contribution in [0.2, 0.25) is 18.1 Å². The molecule has 0 aromatic rings. The highest BCUT2D eigenvalue weighted by molar-refractivity contribution is 6.74. The minimum Gasteiger partial charge on any atom is -0.446 e. The number of hydrogen-bond donors (Lipinski definition) is 0.